The number of sulfonamides is 1. The molecular formula is C13H21NO4S2. The first-order chi connectivity index (χ1) is 9.27. The van der Waals surface area contributed by atoms with Crippen molar-refractivity contribution in [3.8, 4) is 0 Å². The van der Waals surface area contributed by atoms with Gasteiger partial charge < -0.3 is 0 Å². The van der Waals surface area contributed by atoms with Gasteiger partial charge in [0.25, 0.3) is 0 Å². The first kappa shape index (κ1) is 17.1. The number of rotatable bonds is 8. The van der Waals surface area contributed by atoms with Crippen molar-refractivity contribution >= 4 is 19.9 Å². The molecule has 7 heteroatoms. The van der Waals surface area contributed by atoms with Gasteiger partial charge in [-0.15, -0.1) is 0 Å². The van der Waals surface area contributed by atoms with Crippen molar-refractivity contribution in [1.82, 2.24) is 4.72 Å². The summed E-state index contributed by atoms with van der Waals surface area (Å²) in [5, 5.41) is 0. The molecule has 0 amide bonds. The Morgan fingerprint density at radius 1 is 0.900 bits per heavy atom. The number of benzene rings is 1. The van der Waals surface area contributed by atoms with E-state index in [2.05, 4.69) is 11.6 Å². The second-order valence-electron chi connectivity index (χ2n) is 4.70. The number of sulfone groups is 1. The molecule has 0 aliphatic carbocycles. The minimum Gasteiger partial charge on any atom is -0.224 e. The molecule has 0 aliphatic rings. The van der Waals surface area contributed by atoms with E-state index in [1.165, 1.54) is 24.3 Å². The molecule has 0 saturated heterocycles. The van der Waals surface area contributed by atoms with Gasteiger partial charge in [0.05, 0.1) is 9.79 Å². The summed E-state index contributed by atoms with van der Waals surface area (Å²) in [5.74, 6) is 0. The summed E-state index contributed by atoms with van der Waals surface area (Å²) in [5.41, 5.74) is 0. The van der Waals surface area contributed by atoms with Gasteiger partial charge in [-0.2, -0.15) is 0 Å². The number of unbranched alkanes of at least 4 members (excludes halogenated alkanes) is 3. The second kappa shape index (κ2) is 7.19. The van der Waals surface area contributed by atoms with E-state index >= 15 is 0 Å². The quantitative estimate of drug-likeness (QED) is 0.743. The van der Waals surface area contributed by atoms with Crippen LogP contribution in [0, 0.1) is 0 Å². The molecule has 1 N–H and O–H groups in total. The van der Waals surface area contributed by atoms with Crippen LogP contribution < -0.4 is 4.72 Å². The summed E-state index contributed by atoms with van der Waals surface area (Å²) in [6.07, 6.45) is 5.06. The zero-order chi connectivity index (χ0) is 15.2. The van der Waals surface area contributed by atoms with Gasteiger partial charge >= 0.3 is 0 Å². The lowest BCUT2D eigenvalue weighted by Gasteiger charge is -2.07. The van der Waals surface area contributed by atoms with Crippen molar-refractivity contribution in [2.75, 3.05) is 12.8 Å². The normalized spacial score (nSPS) is 12.5. The highest BCUT2D eigenvalue weighted by molar-refractivity contribution is 7.90. The molecule has 0 radical (unpaired) electrons. The summed E-state index contributed by atoms with van der Waals surface area (Å²) in [7, 11) is -6.86. The monoisotopic (exact) mass is 319 g/mol. The van der Waals surface area contributed by atoms with Crippen LogP contribution in [0.1, 0.15) is 32.6 Å². The lowest BCUT2D eigenvalue weighted by molar-refractivity contribution is 0.573. The lowest BCUT2D eigenvalue weighted by Crippen LogP contribution is -2.24. The van der Waals surface area contributed by atoms with Crippen molar-refractivity contribution < 1.29 is 16.8 Å². The summed E-state index contributed by atoms with van der Waals surface area (Å²) in [6.45, 7) is 2.49. The van der Waals surface area contributed by atoms with Crippen molar-refractivity contribution in [2.24, 2.45) is 0 Å². The highest BCUT2D eigenvalue weighted by Gasteiger charge is 2.14. The number of hydrogen-bond acceptors (Lipinski definition) is 4. The van der Waals surface area contributed by atoms with Crippen molar-refractivity contribution in [1.29, 1.82) is 0 Å². The van der Waals surface area contributed by atoms with Crippen LogP contribution in [-0.4, -0.2) is 29.6 Å². The first-order valence-electron chi connectivity index (χ1n) is 6.57. The predicted molar refractivity (Wildman–Crippen MR) is 78.9 cm³/mol. The molecule has 5 nitrogen and oxygen atoms in total. The molecule has 0 bridgehead atoms. The smallest absolute Gasteiger partial charge is 0.224 e. The van der Waals surface area contributed by atoms with E-state index < -0.39 is 19.9 Å². The lowest BCUT2D eigenvalue weighted by atomic mass is 10.2. The highest BCUT2D eigenvalue weighted by atomic mass is 32.2. The summed E-state index contributed by atoms with van der Waals surface area (Å²) in [4.78, 5) is 0.194. The van der Waals surface area contributed by atoms with Gasteiger partial charge in [-0.25, -0.2) is 21.6 Å². The van der Waals surface area contributed by atoms with E-state index in [9.17, 15) is 16.8 Å². The van der Waals surface area contributed by atoms with Crippen molar-refractivity contribution in [3.05, 3.63) is 24.3 Å². The van der Waals surface area contributed by atoms with Crippen LogP contribution in [0.25, 0.3) is 0 Å². The van der Waals surface area contributed by atoms with Crippen LogP contribution in [0.4, 0.5) is 0 Å². The standard InChI is InChI=1S/C13H21NO4S2/c1-3-4-5-6-11-14-20(17,18)13-9-7-12(8-10-13)19(2,15)16/h7-10,14H,3-6,11H2,1-2H3. The molecule has 0 fully saturated rings. The molecule has 0 aliphatic heterocycles. The Kier molecular flexibility index (Phi) is 6.16. The van der Waals surface area contributed by atoms with Gasteiger partial charge in [0, 0.05) is 12.8 Å². The number of nitrogens with one attached hydrogen (secondary N) is 1. The third-order valence-corrected chi connectivity index (χ3v) is 5.49. The van der Waals surface area contributed by atoms with Gasteiger partial charge in [-0.05, 0) is 30.7 Å². The van der Waals surface area contributed by atoms with Crippen LogP contribution in [0.15, 0.2) is 34.1 Å². The van der Waals surface area contributed by atoms with E-state index in [4.69, 9.17) is 0 Å². The number of hydrogen-bond donors (Lipinski definition) is 1. The van der Waals surface area contributed by atoms with E-state index in [0.29, 0.717) is 6.54 Å². The Morgan fingerprint density at radius 2 is 1.45 bits per heavy atom. The molecule has 0 aromatic heterocycles. The minimum absolute atomic E-state index is 0.0837. The fourth-order valence-corrected chi connectivity index (χ4v) is 3.41. The fraction of sp³-hybridized carbons (Fsp3) is 0.538. The largest absolute Gasteiger partial charge is 0.240 e. The molecule has 1 aromatic rings. The zero-order valence-electron chi connectivity index (χ0n) is 11.8. The Balaban J connectivity index is 2.69. The molecule has 0 heterocycles. The van der Waals surface area contributed by atoms with E-state index in [1.807, 2.05) is 0 Å². The summed E-state index contributed by atoms with van der Waals surface area (Å²) in [6, 6.07) is 5.23. The maximum absolute atomic E-state index is 12.0. The molecule has 0 atom stereocenters. The summed E-state index contributed by atoms with van der Waals surface area (Å²) >= 11 is 0. The Labute approximate surface area is 121 Å². The van der Waals surface area contributed by atoms with Gasteiger partial charge in [0.1, 0.15) is 0 Å². The van der Waals surface area contributed by atoms with E-state index in [0.717, 1.165) is 31.9 Å². The Hall–Kier alpha value is -0.920. The minimum atomic E-state index is -3.55. The molecule has 114 valence electrons. The SMILES string of the molecule is CCCCCCNS(=O)(=O)c1ccc(S(C)(=O)=O)cc1. The Bertz CT molecular complexity index is 619. The van der Waals surface area contributed by atoms with Crippen LogP contribution in [0.2, 0.25) is 0 Å². The third-order valence-electron chi connectivity index (χ3n) is 2.88. The van der Waals surface area contributed by atoms with Gasteiger partial charge in [-0.3, -0.25) is 0 Å². The molecule has 0 unspecified atom stereocenters. The van der Waals surface area contributed by atoms with Crippen molar-refractivity contribution in [2.45, 2.75) is 42.4 Å². The van der Waals surface area contributed by atoms with Crippen LogP contribution in [0.3, 0.4) is 0 Å². The predicted octanol–water partition coefficient (Wildman–Crippen LogP) is 1.95. The maximum Gasteiger partial charge on any atom is 0.240 e. The zero-order valence-corrected chi connectivity index (χ0v) is 13.4. The topological polar surface area (TPSA) is 80.3 Å². The average molecular weight is 319 g/mol. The first-order valence-corrected chi connectivity index (χ1v) is 9.94. The maximum atomic E-state index is 12.0. The molecule has 0 spiro atoms. The summed E-state index contributed by atoms with van der Waals surface area (Å²) < 4.78 is 49.0. The van der Waals surface area contributed by atoms with Crippen LogP contribution >= 0.6 is 0 Å². The average Bonchev–Trinajstić information content (AvgIpc) is 2.37. The van der Waals surface area contributed by atoms with Crippen LogP contribution in [-0.2, 0) is 19.9 Å². The molecule has 1 rings (SSSR count). The van der Waals surface area contributed by atoms with Gasteiger partial charge in [-0.1, -0.05) is 26.2 Å². The fourth-order valence-electron chi connectivity index (χ4n) is 1.71. The van der Waals surface area contributed by atoms with Crippen LogP contribution in [0.5, 0.6) is 0 Å². The van der Waals surface area contributed by atoms with Gasteiger partial charge in [0.2, 0.25) is 10.0 Å². The highest BCUT2D eigenvalue weighted by Crippen LogP contribution is 2.14. The van der Waals surface area contributed by atoms with E-state index in [1.54, 1.807) is 0 Å². The van der Waals surface area contributed by atoms with Gasteiger partial charge in [0.15, 0.2) is 9.84 Å². The van der Waals surface area contributed by atoms with E-state index in [-0.39, 0.29) is 9.79 Å². The van der Waals surface area contributed by atoms with Crippen molar-refractivity contribution in [3.63, 3.8) is 0 Å². The Morgan fingerprint density at radius 3 is 1.95 bits per heavy atom. The third kappa shape index (κ3) is 5.22. The second-order valence-corrected chi connectivity index (χ2v) is 8.48. The molecule has 20 heavy (non-hydrogen) atoms. The molecule has 1 aromatic carbocycles. The molecule has 0 saturated carbocycles. The molecular weight excluding hydrogens is 298 g/mol.